The molecule has 1 amide bonds. The van der Waals surface area contributed by atoms with Gasteiger partial charge in [0.1, 0.15) is 5.69 Å². The Morgan fingerprint density at radius 2 is 2.08 bits per heavy atom. The first-order chi connectivity index (χ1) is 12.8. The topological polar surface area (TPSA) is 54.5 Å². The molecule has 2 fully saturated rings. The number of hydrogen-bond acceptors (Lipinski definition) is 4. The van der Waals surface area contributed by atoms with E-state index >= 15 is 0 Å². The Morgan fingerprint density at radius 3 is 2.96 bits per heavy atom. The average Bonchev–Trinajstić information content (AvgIpc) is 3.24. The second-order valence-corrected chi connectivity index (χ2v) is 7.47. The number of amides is 1. The predicted octanol–water partition coefficient (Wildman–Crippen LogP) is 2.23. The summed E-state index contributed by atoms with van der Waals surface area (Å²) in [6.07, 6.45) is 2.88. The number of hydrogen-bond donors (Lipinski definition) is 1. The fourth-order valence-corrected chi connectivity index (χ4v) is 4.63. The minimum atomic E-state index is -0.0710. The zero-order chi connectivity index (χ0) is 17.5. The van der Waals surface area contributed by atoms with Gasteiger partial charge in [-0.05, 0) is 47.4 Å². The monoisotopic (exact) mass is 349 g/mol. The molecule has 3 atom stereocenters. The molecular weight excluding hydrogens is 326 g/mol. The summed E-state index contributed by atoms with van der Waals surface area (Å²) in [7, 11) is 0. The van der Waals surface area contributed by atoms with Gasteiger partial charge in [-0.2, -0.15) is 0 Å². The molecule has 5 heteroatoms. The van der Waals surface area contributed by atoms with Gasteiger partial charge in [0.2, 0.25) is 0 Å². The van der Waals surface area contributed by atoms with Gasteiger partial charge in [0.05, 0.1) is 13.2 Å². The summed E-state index contributed by atoms with van der Waals surface area (Å²) in [5.74, 6) is 1.86. The largest absolute Gasteiger partial charge is 0.378 e. The van der Waals surface area contributed by atoms with E-state index in [-0.39, 0.29) is 5.91 Å². The van der Waals surface area contributed by atoms with Crippen molar-refractivity contribution in [3.05, 3.63) is 59.4 Å². The molecule has 2 aromatic rings. The third-order valence-corrected chi connectivity index (χ3v) is 6.05. The van der Waals surface area contributed by atoms with E-state index in [1.165, 1.54) is 11.1 Å². The van der Waals surface area contributed by atoms with Crippen molar-refractivity contribution in [2.45, 2.75) is 12.3 Å². The minimum Gasteiger partial charge on any atom is -0.378 e. The summed E-state index contributed by atoms with van der Waals surface area (Å²) in [5, 5.41) is 3.11. The number of nitrogens with zero attached hydrogens (tertiary/aromatic N) is 2. The van der Waals surface area contributed by atoms with Gasteiger partial charge in [-0.3, -0.25) is 9.78 Å². The standard InChI is InChI=1S/C21H23N3O2/c25-21(19-12-15(5-6-22-19)24-7-9-26-10-8-24)23-13-18-17-11-14-3-1-2-4-16(14)20(17)18/h1-6,12,17-18,20H,7-11,13H2,(H,23,25)/t17-,18-,20+/m1/s1. The number of fused-ring (bicyclic) bond motifs is 3. The van der Waals surface area contributed by atoms with Crippen LogP contribution < -0.4 is 10.2 Å². The molecule has 2 heterocycles. The van der Waals surface area contributed by atoms with Crippen LogP contribution >= 0.6 is 0 Å². The van der Waals surface area contributed by atoms with E-state index in [2.05, 4.69) is 39.5 Å². The normalized spacial score (nSPS) is 26.2. The van der Waals surface area contributed by atoms with Crippen LogP contribution in [0.5, 0.6) is 0 Å². The van der Waals surface area contributed by atoms with Crippen LogP contribution in [0.3, 0.4) is 0 Å². The second-order valence-electron chi connectivity index (χ2n) is 7.47. The Hall–Kier alpha value is -2.40. The summed E-state index contributed by atoms with van der Waals surface area (Å²) in [6.45, 7) is 3.92. The fourth-order valence-electron chi connectivity index (χ4n) is 4.63. The van der Waals surface area contributed by atoms with Gasteiger partial charge in [0, 0.05) is 31.5 Å². The van der Waals surface area contributed by atoms with Crippen LogP contribution in [-0.2, 0) is 11.2 Å². The van der Waals surface area contributed by atoms with Gasteiger partial charge in [-0.1, -0.05) is 24.3 Å². The molecule has 1 aromatic heterocycles. The van der Waals surface area contributed by atoms with Crippen LogP contribution in [-0.4, -0.2) is 43.7 Å². The van der Waals surface area contributed by atoms with Crippen LogP contribution in [0.2, 0.25) is 0 Å². The Labute approximate surface area is 153 Å². The van der Waals surface area contributed by atoms with Crippen molar-refractivity contribution in [3.63, 3.8) is 0 Å². The van der Waals surface area contributed by atoms with Crippen LogP contribution in [0, 0.1) is 11.8 Å². The van der Waals surface area contributed by atoms with Crippen molar-refractivity contribution in [2.24, 2.45) is 11.8 Å². The van der Waals surface area contributed by atoms with E-state index in [4.69, 9.17) is 4.74 Å². The lowest BCUT2D eigenvalue weighted by Gasteiger charge is -2.28. The highest BCUT2D eigenvalue weighted by Crippen LogP contribution is 2.60. The van der Waals surface area contributed by atoms with E-state index in [9.17, 15) is 4.79 Å². The number of nitrogens with one attached hydrogen (secondary N) is 1. The number of benzene rings is 1. The molecule has 0 unspecified atom stereocenters. The predicted molar refractivity (Wildman–Crippen MR) is 99.5 cm³/mol. The molecule has 0 radical (unpaired) electrons. The molecule has 0 spiro atoms. The average molecular weight is 349 g/mol. The number of carbonyl (C=O) groups is 1. The maximum atomic E-state index is 12.6. The Bertz CT molecular complexity index is 832. The number of aromatic nitrogens is 1. The van der Waals surface area contributed by atoms with Crippen molar-refractivity contribution < 1.29 is 9.53 Å². The molecule has 2 aliphatic carbocycles. The summed E-state index contributed by atoms with van der Waals surface area (Å²) in [5.41, 5.74) is 4.53. The van der Waals surface area contributed by atoms with Gasteiger partial charge < -0.3 is 15.0 Å². The maximum Gasteiger partial charge on any atom is 0.269 e. The Balaban J connectivity index is 1.21. The molecule has 3 aliphatic rings. The summed E-state index contributed by atoms with van der Waals surface area (Å²) in [6, 6.07) is 12.6. The van der Waals surface area contributed by atoms with Gasteiger partial charge in [-0.15, -0.1) is 0 Å². The van der Waals surface area contributed by atoms with Gasteiger partial charge in [0.25, 0.3) is 5.91 Å². The first-order valence-corrected chi connectivity index (χ1v) is 9.46. The SMILES string of the molecule is O=C(NC[C@@H]1[C@H]2Cc3ccccc3[C@H]12)c1cc(N2CCOCC2)ccn1. The lowest BCUT2D eigenvalue weighted by atomic mass is 10.0. The molecule has 1 N–H and O–H groups in total. The lowest BCUT2D eigenvalue weighted by molar-refractivity contribution is 0.0946. The molecule has 5 nitrogen and oxygen atoms in total. The van der Waals surface area contributed by atoms with E-state index in [0.717, 1.165) is 45.0 Å². The third kappa shape index (κ3) is 2.76. The molecule has 134 valence electrons. The molecule has 1 saturated heterocycles. The van der Waals surface area contributed by atoms with E-state index in [0.29, 0.717) is 23.4 Å². The first-order valence-electron chi connectivity index (χ1n) is 9.46. The molecule has 1 saturated carbocycles. The summed E-state index contributed by atoms with van der Waals surface area (Å²) in [4.78, 5) is 19.1. The number of ether oxygens (including phenoxy) is 1. The fraction of sp³-hybridized carbons (Fsp3) is 0.429. The van der Waals surface area contributed by atoms with Crippen LogP contribution in [0.15, 0.2) is 42.6 Å². The van der Waals surface area contributed by atoms with Gasteiger partial charge in [-0.25, -0.2) is 0 Å². The van der Waals surface area contributed by atoms with Crippen molar-refractivity contribution in [1.82, 2.24) is 10.3 Å². The first kappa shape index (κ1) is 15.8. The minimum absolute atomic E-state index is 0.0710. The van der Waals surface area contributed by atoms with Crippen molar-refractivity contribution in [1.29, 1.82) is 0 Å². The van der Waals surface area contributed by atoms with E-state index in [1.54, 1.807) is 6.20 Å². The van der Waals surface area contributed by atoms with Crippen molar-refractivity contribution in [2.75, 3.05) is 37.7 Å². The van der Waals surface area contributed by atoms with Crippen molar-refractivity contribution >= 4 is 11.6 Å². The molecule has 5 rings (SSSR count). The van der Waals surface area contributed by atoms with Crippen molar-refractivity contribution in [3.8, 4) is 0 Å². The van der Waals surface area contributed by atoms with Gasteiger partial charge in [0.15, 0.2) is 0 Å². The van der Waals surface area contributed by atoms with Crippen LogP contribution in [0.25, 0.3) is 0 Å². The third-order valence-electron chi connectivity index (χ3n) is 6.05. The maximum absolute atomic E-state index is 12.6. The number of carbonyl (C=O) groups excluding carboxylic acids is 1. The molecule has 1 aliphatic heterocycles. The van der Waals surface area contributed by atoms with E-state index in [1.807, 2.05) is 12.1 Å². The highest BCUT2D eigenvalue weighted by molar-refractivity contribution is 5.93. The molecule has 26 heavy (non-hydrogen) atoms. The van der Waals surface area contributed by atoms with Crippen LogP contribution in [0.1, 0.15) is 27.5 Å². The molecular formula is C21H23N3O2. The zero-order valence-electron chi connectivity index (χ0n) is 14.7. The quantitative estimate of drug-likeness (QED) is 0.920. The Morgan fingerprint density at radius 1 is 1.23 bits per heavy atom. The highest BCUT2D eigenvalue weighted by atomic mass is 16.5. The number of pyridine rings is 1. The smallest absolute Gasteiger partial charge is 0.269 e. The lowest BCUT2D eigenvalue weighted by Crippen LogP contribution is -2.36. The van der Waals surface area contributed by atoms with Gasteiger partial charge >= 0.3 is 0 Å². The van der Waals surface area contributed by atoms with Crippen LogP contribution in [0.4, 0.5) is 5.69 Å². The molecule has 1 aromatic carbocycles. The second kappa shape index (κ2) is 6.40. The number of anilines is 1. The molecule has 0 bridgehead atoms. The zero-order valence-corrected chi connectivity index (χ0v) is 14.7. The summed E-state index contributed by atoms with van der Waals surface area (Å²) < 4.78 is 5.40. The summed E-state index contributed by atoms with van der Waals surface area (Å²) >= 11 is 0. The van der Waals surface area contributed by atoms with E-state index < -0.39 is 0 Å². The number of rotatable bonds is 4. The Kier molecular flexibility index (Phi) is 3.89. The highest BCUT2D eigenvalue weighted by Gasteiger charge is 2.55. The number of morpholine rings is 1.